The lowest BCUT2D eigenvalue weighted by atomic mass is 9.94. The van der Waals surface area contributed by atoms with Crippen molar-refractivity contribution in [2.24, 2.45) is 5.73 Å². The van der Waals surface area contributed by atoms with Gasteiger partial charge in [-0.3, -0.25) is 5.10 Å². The topological polar surface area (TPSA) is 63.9 Å². The fourth-order valence-corrected chi connectivity index (χ4v) is 2.77. The Morgan fingerprint density at radius 1 is 1.17 bits per heavy atom. The van der Waals surface area contributed by atoms with Crippen LogP contribution in [0.15, 0.2) is 54.6 Å². The summed E-state index contributed by atoms with van der Waals surface area (Å²) in [5, 5.41) is 7.40. The first-order valence-corrected chi connectivity index (χ1v) is 7.96. The predicted molar refractivity (Wildman–Crippen MR) is 92.5 cm³/mol. The van der Waals surface area contributed by atoms with Gasteiger partial charge >= 0.3 is 0 Å². The lowest BCUT2D eigenvalue weighted by molar-refractivity contribution is 0.334. The van der Waals surface area contributed by atoms with Crippen LogP contribution in [0.1, 0.15) is 24.1 Å². The van der Waals surface area contributed by atoms with E-state index in [1.165, 1.54) is 12.1 Å². The highest BCUT2D eigenvalue weighted by molar-refractivity contribution is 5.59. The number of hydrogen-bond donors (Lipinski definition) is 2. The fraction of sp³-hybridized carbons (Fsp3) is 0.211. The summed E-state index contributed by atoms with van der Waals surface area (Å²) in [7, 11) is 0. The normalized spacial score (nSPS) is 12.1. The van der Waals surface area contributed by atoms with E-state index in [1.54, 1.807) is 6.07 Å². The average Bonchev–Trinajstić information content (AvgIpc) is 3.09. The third-order valence-electron chi connectivity index (χ3n) is 3.93. The highest BCUT2D eigenvalue weighted by Crippen LogP contribution is 2.32. The van der Waals surface area contributed by atoms with Gasteiger partial charge in [0.25, 0.3) is 0 Å². The molecule has 3 rings (SSSR count). The van der Waals surface area contributed by atoms with Crippen molar-refractivity contribution < 1.29 is 9.13 Å². The van der Waals surface area contributed by atoms with Crippen molar-refractivity contribution in [2.45, 2.75) is 12.8 Å². The quantitative estimate of drug-likeness (QED) is 0.726. The van der Waals surface area contributed by atoms with Gasteiger partial charge in [0.05, 0.1) is 12.3 Å². The summed E-state index contributed by atoms with van der Waals surface area (Å²) in [5.74, 6) is 0.118. The van der Waals surface area contributed by atoms with Crippen molar-refractivity contribution >= 4 is 0 Å². The molecular formula is C19H20FN3O. The zero-order chi connectivity index (χ0) is 16.9. The highest BCUT2D eigenvalue weighted by Gasteiger charge is 2.20. The smallest absolute Gasteiger partial charge is 0.123 e. The molecule has 0 bridgehead atoms. The number of nitrogens with one attached hydrogen (secondary N) is 1. The van der Waals surface area contributed by atoms with Gasteiger partial charge in [-0.25, -0.2) is 4.39 Å². The van der Waals surface area contributed by atoms with Crippen LogP contribution in [0.5, 0.6) is 5.75 Å². The minimum atomic E-state index is -0.310. The molecule has 124 valence electrons. The van der Waals surface area contributed by atoms with Gasteiger partial charge in [0, 0.05) is 29.3 Å². The molecule has 24 heavy (non-hydrogen) atoms. The molecule has 1 aromatic heterocycles. The Balaban J connectivity index is 1.98. The first-order chi connectivity index (χ1) is 11.7. The summed E-state index contributed by atoms with van der Waals surface area (Å²) < 4.78 is 19.4. The van der Waals surface area contributed by atoms with E-state index in [-0.39, 0.29) is 11.7 Å². The Morgan fingerprint density at radius 3 is 2.67 bits per heavy atom. The van der Waals surface area contributed by atoms with Gasteiger partial charge in [0.2, 0.25) is 0 Å². The molecule has 0 radical (unpaired) electrons. The maximum atomic E-state index is 13.7. The summed E-state index contributed by atoms with van der Waals surface area (Å²) in [6.45, 7) is 2.72. The second-order valence-electron chi connectivity index (χ2n) is 5.48. The van der Waals surface area contributed by atoms with Crippen molar-refractivity contribution in [1.29, 1.82) is 0 Å². The first kappa shape index (κ1) is 16.2. The van der Waals surface area contributed by atoms with Gasteiger partial charge in [-0.1, -0.05) is 30.3 Å². The molecule has 0 fully saturated rings. The highest BCUT2D eigenvalue weighted by atomic mass is 19.1. The number of halogens is 1. The van der Waals surface area contributed by atoms with Crippen LogP contribution in [-0.2, 0) is 0 Å². The molecule has 1 atom stereocenters. The van der Waals surface area contributed by atoms with Gasteiger partial charge in [0.1, 0.15) is 11.6 Å². The van der Waals surface area contributed by atoms with Gasteiger partial charge in [0.15, 0.2) is 0 Å². The van der Waals surface area contributed by atoms with Gasteiger partial charge in [-0.05, 0) is 31.2 Å². The molecule has 0 aliphatic heterocycles. The number of rotatable bonds is 6. The number of H-pyrrole nitrogens is 1. The Hall–Kier alpha value is -2.66. The molecule has 0 spiro atoms. The largest absolute Gasteiger partial charge is 0.494 e. The molecule has 3 N–H and O–H groups in total. The summed E-state index contributed by atoms with van der Waals surface area (Å²) in [6, 6.07) is 16.3. The van der Waals surface area contributed by atoms with Gasteiger partial charge in [-0.15, -0.1) is 0 Å². The first-order valence-electron chi connectivity index (χ1n) is 7.96. The standard InChI is InChI=1S/C19H20FN3O/c1-2-24-19-9-8-14(20)10-15(19)16(12-21)18-11-17(22-23-18)13-6-4-3-5-7-13/h3-11,16H,2,12,21H2,1H3,(H,22,23). The van der Waals surface area contributed by atoms with Crippen LogP contribution in [0.4, 0.5) is 4.39 Å². The number of nitrogens with zero attached hydrogens (tertiary/aromatic N) is 1. The zero-order valence-electron chi connectivity index (χ0n) is 13.5. The third-order valence-corrected chi connectivity index (χ3v) is 3.93. The van der Waals surface area contributed by atoms with E-state index in [0.29, 0.717) is 18.9 Å². The Bertz CT molecular complexity index is 801. The van der Waals surface area contributed by atoms with Crippen LogP contribution in [0, 0.1) is 5.82 Å². The van der Waals surface area contributed by atoms with E-state index in [2.05, 4.69) is 10.2 Å². The molecule has 5 heteroatoms. The maximum Gasteiger partial charge on any atom is 0.123 e. The van der Waals surface area contributed by atoms with Crippen LogP contribution >= 0.6 is 0 Å². The number of ether oxygens (including phenoxy) is 1. The molecule has 1 unspecified atom stereocenters. The van der Waals surface area contributed by atoms with Crippen LogP contribution in [0.25, 0.3) is 11.3 Å². The number of nitrogens with two attached hydrogens (primary N) is 1. The van der Waals surface area contributed by atoms with E-state index in [1.807, 2.05) is 43.3 Å². The van der Waals surface area contributed by atoms with Crippen molar-refractivity contribution in [2.75, 3.05) is 13.2 Å². The predicted octanol–water partition coefficient (Wildman–Crippen LogP) is 3.71. The molecular weight excluding hydrogens is 305 g/mol. The second-order valence-corrected chi connectivity index (χ2v) is 5.48. The maximum absolute atomic E-state index is 13.7. The number of hydrogen-bond acceptors (Lipinski definition) is 3. The summed E-state index contributed by atoms with van der Waals surface area (Å²) in [4.78, 5) is 0. The number of aromatic nitrogens is 2. The average molecular weight is 325 g/mol. The Morgan fingerprint density at radius 2 is 1.96 bits per heavy atom. The second kappa shape index (κ2) is 7.27. The Labute approximate surface area is 140 Å². The molecule has 3 aromatic rings. The van der Waals surface area contributed by atoms with E-state index >= 15 is 0 Å². The lowest BCUT2D eigenvalue weighted by Crippen LogP contribution is -2.16. The summed E-state index contributed by atoms with van der Waals surface area (Å²) in [6.07, 6.45) is 0. The number of benzene rings is 2. The van der Waals surface area contributed by atoms with Crippen molar-refractivity contribution in [3.63, 3.8) is 0 Å². The van der Waals surface area contributed by atoms with Crippen molar-refractivity contribution in [1.82, 2.24) is 10.2 Å². The minimum absolute atomic E-state index is 0.216. The minimum Gasteiger partial charge on any atom is -0.494 e. The van der Waals surface area contributed by atoms with Crippen LogP contribution in [-0.4, -0.2) is 23.3 Å². The van der Waals surface area contributed by atoms with E-state index in [0.717, 1.165) is 22.5 Å². The summed E-state index contributed by atoms with van der Waals surface area (Å²) >= 11 is 0. The van der Waals surface area contributed by atoms with Crippen LogP contribution < -0.4 is 10.5 Å². The number of aromatic amines is 1. The third kappa shape index (κ3) is 3.31. The van der Waals surface area contributed by atoms with E-state index in [4.69, 9.17) is 10.5 Å². The molecule has 4 nitrogen and oxygen atoms in total. The van der Waals surface area contributed by atoms with Gasteiger partial charge < -0.3 is 10.5 Å². The molecule has 0 saturated carbocycles. The molecule has 1 heterocycles. The zero-order valence-corrected chi connectivity index (χ0v) is 13.5. The van der Waals surface area contributed by atoms with Crippen LogP contribution in [0.2, 0.25) is 0 Å². The molecule has 0 amide bonds. The van der Waals surface area contributed by atoms with E-state index in [9.17, 15) is 4.39 Å². The molecule has 0 aliphatic rings. The molecule has 0 aliphatic carbocycles. The Kier molecular flexibility index (Phi) is 4.91. The molecule has 0 saturated heterocycles. The molecule has 2 aromatic carbocycles. The monoisotopic (exact) mass is 325 g/mol. The van der Waals surface area contributed by atoms with Crippen LogP contribution in [0.3, 0.4) is 0 Å². The van der Waals surface area contributed by atoms with Crippen molar-refractivity contribution in [3.8, 4) is 17.0 Å². The fourth-order valence-electron chi connectivity index (χ4n) is 2.77. The SMILES string of the molecule is CCOc1ccc(F)cc1C(CN)c1cc(-c2ccccc2)n[nH]1. The van der Waals surface area contributed by atoms with E-state index < -0.39 is 0 Å². The van der Waals surface area contributed by atoms with Gasteiger partial charge in [-0.2, -0.15) is 5.10 Å². The van der Waals surface area contributed by atoms with Crippen molar-refractivity contribution in [3.05, 3.63) is 71.7 Å². The summed E-state index contributed by atoms with van der Waals surface area (Å²) in [5.41, 5.74) is 9.38. The lowest BCUT2D eigenvalue weighted by Gasteiger charge is -2.17.